The first-order valence-electron chi connectivity index (χ1n) is 8.44. The van der Waals surface area contributed by atoms with Gasteiger partial charge in [0.25, 0.3) is 5.91 Å². The highest BCUT2D eigenvalue weighted by Crippen LogP contribution is 2.11. The van der Waals surface area contributed by atoms with Crippen LogP contribution < -0.4 is 10.6 Å². The van der Waals surface area contributed by atoms with Gasteiger partial charge in [-0.25, -0.2) is 14.4 Å². The average Bonchev–Trinajstić information content (AvgIpc) is 2.68. The van der Waals surface area contributed by atoms with Crippen molar-refractivity contribution in [2.75, 3.05) is 11.9 Å². The number of anilines is 1. The highest BCUT2D eigenvalue weighted by atomic mass is 35.5. The van der Waals surface area contributed by atoms with Crippen molar-refractivity contribution in [1.29, 1.82) is 0 Å². The molecule has 0 bridgehead atoms. The summed E-state index contributed by atoms with van der Waals surface area (Å²) in [6.45, 7) is 0.904. The minimum atomic E-state index is -0.286. The Labute approximate surface area is 161 Å². The van der Waals surface area contributed by atoms with Crippen molar-refractivity contribution in [3.05, 3.63) is 88.5 Å². The number of hydrogen-bond acceptors (Lipinski definition) is 4. The first-order valence-corrected chi connectivity index (χ1v) is 8.82. The SMILES string of the molecule is O=C(NCCc1cccc(Cl)c1)c1ccnc(NCc2ccc(F)cc2)n1. The molecule has 7 heteroatoms. The van der Waals surface area contributed by atoms with E-state index in [0.29, 0.717) is 30.5 Å². The summed E-state index contributed by atoms with van der Waals surface area (Å²) in [7, 11) is 0. The Morgan fingerprint density at radius 1 is 1.07 bits per heavy atom. The molecule has 5 nitrogen and oxygen atoms in total. The van der Waals surface area contributed by atoms with Crippen LogP contribution in [-0.2, 0) is 13.0 Å². The van der Waals surface area contributed by atoms with Crippen LogP contribution in [0.4, 0.5) is 10.3 Å². The number of benzene rings is 2. The Hall–Kier alpha value is -2.99. The maximum atomic E-state index is 12.9. The summed E-state index contributed by atoms with van der Waals surface area (Å²) in [4.78, 5) is 20.6. The second kappa shape index (κ2) is 9.09. The molecular weight excluding hydrogens is 367 g/mol. The lowest BCUT2D eigenvalue weighted by Gasteiger charge is -2.08. The van der Waals surface area contributed by atoms with Gasteiger partial charge in [-0.1, -0.05) is 35.9 Å². The molecule has 0 saturated carbocycles. The number of carbonyl (C=O) groups excluding carboxylic acids is 1. The number of halogens is 2. The molecule has 0 unspecified atom stereocenters. The summed E-state index contributed by atoms with van der Waals surface area (Å²) in [5.74, 6) is -0.225. The van der Waals surface area contributed by atoms with E-state index in [-0.39, 0.29) is 17.4 Å². The van der Waals surface area contributed by atoms with E-state index in [1.807, 2.05) is 24.3 Å². The third-order valence-corrected chi connectivity index (χ3v) is 4.08. The van der Waals surface area contributed by atoms with Crippen molar-refractivity contribution in [3.63, 3.8) is 0 Å². The molecule has 2 N–H and O–H groups in total. The summed E-state index contributed by atoms with van der Waals surface area (Å²) < 4.78 is 12.9. The van der Waals surface area contributed by atoms with Crippen molar-refractivity contribution >= 4 is 23.5 Å². The Balaban J connectivity index is 1.52. The molecule has 1 amide bonds. The van der Waals surface area contributed by atoms with Crippen LogP contribution in [0.15, 0.2) is 60.8 Å². The van der Waals surface area contributed by atoms with Gasteiger partial charge >= 0.3 is 0 Å². The highest BCUT2D eigenvalue weighted by molar-refractivity contribution is 6.30. The normalized spacial score (nSPS) is 10.4. The topological polar surface area (TPSA) is 66.9 Å². The second-order valence-corrected chi connectivity index (χ2v) is 6.32. The molecule has 3 rings (SSSR count). The van der Waals surface area contributed by atoms with Crippen LogP contribution in [0.1, 0.15) is 21.6 Å². The molecule has 0 atom stereocenters. The number of nitrogens with zero attached hydrogens (tertiary/aromatic N) is 2. The van der Waals surface area contributed by atoms with Gasteiger partial charge in [0.15, 0.2) is 0 Å². The molecule has 138 valence electrons. The minimum absolute atomic E-state index is 0.274. The van der Waals surface area contributed by atoms with Gasteiger partial charge < -0.3 is 10.6 Å². The number of carbonyl (C=O) groups is 1. The van der Waals surface area contributed by atoms with Gasteiger partial charge in [0.2, 0.25) is 5.95 Å². The van der Waals surface area contributed by atoms with Crippen LogP contribution in [0.3, 0.4) is 0 Å². The van der Waals surface area contributed by atoms with Gasteiger partial charge in [-0.2, -0.15) is 0 Å². The van der Waals surface area contributed by atoms with E-state index < -0.39 is 0 Å². The van der Waals surface area contributed by atoms with Gasteiger partial charge in [0.1, 0.15) is 11.5 Å². The Bertz CT molecular complexity index is 918. The monoisotopic (exact) mass is 384 g/mol. The van der Waals surface area contributed by atoms with Crippen LogP contribution in [0, 0.1) is 5.82 Å². The molecule has 1 heterocycles. The van der Waals surface area contributed by atoms with Crippen LogP contribution >= 0.6 is 11.6 Å². The molecule has 0 saturated heterocycles. The zero-order valence-electron chi connectivity index (χ0n) is 14.5. The predicted molar refractivity (Wildman–Crippen MR) is 103 cm³/mol. The van der Waals surface area contributed by atoms with Crippen molar-refractivity contribution in [2.24, 2.45) is 0 Å². The van der Waals surface area contributed by atoms with E-state index in [1.165, 1.54) is 18.3 Å². The van der Waals surface area contributed by atoms with E-state index >= 15 is 0 Å². The molecule has 0 fully saturated rings. The van der Waals surface area contributed by atoms with Gasteiger partial charge in [-0.05, 0) is 47.9 Å². The molecule has 0 aliphatic rings. The number of nitrogens with one attached hydrogen (secondary N) is 2. The third-order valence-electron chi connectivity index (χ3n) is 3.84. The highest BCUT2D eigenvalue weighted by Gasteiger charge is 2.08. The Morgan fingerprint density at radius 3 is 2.67 bits per heavy atom. The first-order chi connectivity index (χ1) is 13.1. The molecular formula is C20H18ClFN4O. The molecule has 0 radical (unpaired) electrons. The van der Waals surface area contributed by atoms with E-state index in [2.05, 4.69) is 20.6 Å². The second-order valence-electron chi connectivity index (χ2n) is 5.88. The summed E-state index contributed by atoms with van der Waals surface area (Å²) in [6.07, 6.45) is 2.19. The average molecular weight is 385 g/mol. The van der Waals surface area contributed by atoms with Crippen LogP contribution in [0.25, 0.3) is 0 Å². The fraction of sp³-hybridized carbons (Fsp3) is 0.150. The standard InChI is InChI=1S/C20H18ClFN4O/c21-16-3-1-2-14(12-16)8-10-23-19(27)18-9-11-24-20(26-18)25-13-15-4-6-17(22)7-5-15/h1-7,9,11-12H,8,10,13H2,(H,23,27)(H,24,25,26). The van der Waals surface area contributed by atoms with Gasteiger partial charge in [0.05, 0.1) is 0 Å². The third kappa shape index (κ3) is 5.76. The molecule has 3 aromatic rings. The van der Waals surface area contributed by atoms with Crippen molar-refractivity contribution in [1.82, 2.24) is 15.3 Å². The van der Waals surface area contributed by atoms with Crippen molar-refractivity contribution in [3.8, 4) is 0 Å². The quantitative estimate of drug-likeness (QED) is 0.649. The van der Waals surface area contributed by atoms with Gasteiger partial charge in [-0.3, -0.25) is 4.79 Å². The summed E-state index contributed by atoms with van der Waals surface area (Å²) in [5, 5.41) is 6.53. The minimum Gasteiger partial charge on any atom is -0.350 e. The molecule has 27 heavy (non-hydrogen) atoms. The van der Waals surface area contributed by atoms with Crippen molar-refractivity contribution < 1.29 is 9.18 Å². The Morgan fingerprint density at radius 2 is 1.89 bits per heavy atom. The number of rotatable bonds is 7. The first kappa shape index (κ1) is 18.8. The molecule has 1 aromatic heterocycles. The van der Waals surface area contributed by atoms with Gasteiger partial charge in [0, 0.05) is 24.3 Å². The maximum absolute atomic E-state index is 12.9. The van der Waals surface area contributed by atoms with Crippen LogP contribution in [0.5, 0.6) is 0 Å². The molecule has 0 spiro atoms. The van der Waals surface area contributed by atoms with E-state index in [1.54, 1.807) is 18.2 Å². The zero-order chi connectivity index (χ0) is 19.1. The lowest BCUT2D eigenvalue weighted by molar-refractivity contribution is 0.0949. The molecule has 0 aliphatic carbocycles. The van der Waals surface area contributed by atoms with Crippen molar-refractivity contribution in [2.45, 2.75) is 13.0 Å². The Kier molecular flexibility index (Phi) is 6.33. The van der Waals surface area contributed by atoms with E-state index in [9.17, 15) is 9.18 Å². The van der Waals surface area contributed by atoms with Crippen LogP contribution in [-0.4, -0.2) is 22.4 Å². The fourth-order valence-corrected chi connectivity index (χ4v) is 2.67. The van der Waals surface area contributed by atoms with E-state index in [0.717, 1.165) is 11.1 Å². The summed E-state index contributed by atoms with van der Waals surface area (Å²) in [6, 6.07) is 15.2. The fourth-order valence-electron chi connectivity index (χ4n) is 2.46. The summed E-state index contributed by atoms with van der Waals surface area (Å²) >= 11 is 5.95. The predicted octanol–water partition coefficient (Wildman–Crippen LogP) is 3.85. The lowest BCUT2D eigenvalue weighted by atomic mass is 10.1. The lowest BCUT2D eigenvalue weighted by Crippen LogP contribution is -2.26. The molecule has 2 aromatic carbocycles. The number of aromatic nitrogens is 2. The zero-order valence-corrected chi connectivity index (χ0v) is 15.2. The largest absolute Gasteiger partial charge is 0.350 e. The van der Waals surface area contributed by atoms with Gasteiger partial charge in [-0.15, -0.1) is 0 Å². The smallest absolute Gasteiger partial charge is 0.270 e. The number of amides is 1. The maximum Gasteiger partial charge on any atom is 0.270 e. The van der Waals surface area contributed by atoms with Crippen LogP contribution in [0.2, 0.25) is 5.02 Å². The summed E-state index contributed by atoms with van der Waals surface area (Å²) in [5.41, 5.74) is 2.21. The molecule has 0 aliphatic heterocycles. The van der Waals surface area contributed by atoms with E-state index in [4.69, 9.17) is 11.6 Å². The number of hydrogen-bond donors (Lipinski definition) is 2.